The molecule has 0 amide bonds. The predicted octanol–water partition coefficient (Wildman–Crippen LogP) is 8.68. The summed E-state index contributed by atoms with van der Waals surface area (Å²) in [5.74, 6) is 5.45. The second kappa shape index (κ2) is 9.09. The lowest BCUT2D eigenvalue weighted by molar-refractivity contribution is -0.235. The lowest BCUT2D eigenvalue weighted by Gasteiger charge is -2.72. The van der Waals surface area contributed by atoms with E-state index in [1.807, 2.05) is 0 Å². The molecule has 5 unspecified atom stereocenters. The van der Waals surface area contributed by atoms with E-state index < -0.39 is 0 Å². The zero-order valence-corrected chi connectivity index (χ0v) is 25.3. The molecule has 5 fully saturated rings. The molecular weight excluding hydrogens is 438 g/mol. The second-order valence-electron chi connectivity index (χ2n) is 16.2. The van der Waals surface area contributed by atoms with Crippen molar-refractivity contribution in [3.63, 3.8) is 0 Å². The van der Waals surface area contributed by atoms with Crippen molar-refractivity contribution in [2.45, 2.75) is 132 Å². The Hall–Kier alpha value is -0.370. The van der Waals surface area contributed by atoms with Gasteiger partial charge in [0.2, 0.25) is 0 Å². The zero-order chi connectivity index (χ0) is 26.1. The fourth-order valence-corrected chi connectivity index (χ4v) is 12.2. The first-order chi connectivity index (χ1) is 16.9. The number of hydrogen-bond donors (Lipinski definition) is 1. The van der Waals surface area contributed by atoms with E-state index in [1.54, 1.807) is 0 Å². The Kier molecular flexibility index (Phi) is 6.87. The summed E-state index contributed by atoms with van der Waals surface area (Å²) in [7, 11) is 0. The molecule has 206 valence electrons. The normalized spacial score (nSPS) is 52.5. The molecule has 0 aromatic heterocycles. The van der Waals surface area contributed by atoms with Gasteiger partial charge in [-0.05, 0) is 128 Å². The number of carbonyl (C=O) groups excluding carboxylic acids is 1. The van der Waals surface area contributed by atoms with Crippen molar-refractivity contribution >= 4 is 5.78 Å². The molecule has 5 aliphatic carbocycles. The molecule has 2 nitrogen and oxygen atoms in total. The van der Waals surface area contributed by atoms with Crippen molar-refractivity contribution in [1.29, 1.82) is 0 Å². The van der Waals surface area contributed by atoms with Crippen LogP contribution in [0.3, 0.4) is 0 Å². The van der Waals surface area contributed by atoms with Crippen LogP contribution in [0, 0.1) is 62.6 Å². The maximum Gasteiger partial charge on any atom is 0.140 e. The van der Waals surface area contributed by atoms with Crippen LogP contribution in [0.2, 0.25) is 0 Å². The lowest BCUT2D eigenvalue weighted by Crippen LogP contribution is -2.67. The van der Waals surface area contributed by atoms with Gasteiger partial charge in [0.15, 0.2) is 0 Å². The van der Waals surface area contributed by atoms with Crippen LogP contribution in [-0.2, 0) is 4.79 Å². The largest absolute Gasteiger partial charge is 0.316 e. The number of nitrogens with one attached hydrogen (secondary N) is 1. The van der Waals surface area contributed by atoms with Crippen LogP contribution >= 0.6 is 0 Å². The van der Waals surface area contributed by atoms with Crippen LogP contribution in [0.5, 0.6) is 0 Å². The molecule has 36 heavy (non-hydrogen) atoms. The van der Waals surface area contributed by atoms with Gasteiger partial charge in [-0.25, -0.2) is 0 Å². The average Bonchev–Trinajstić information content (AvgIpc) is 3.18. The lowest BCUT2D eigenvalue weighted by atomic mass is 9.32. The molecule has 5 aliphatic rings. The third kappa shape index (κ3) is 3.61. The molecular formula is C34H59NO. The second-order valence-corrected chi connectivity index (χ2v) is 16.2. The van der Waals surface area contributed by atoms with Crippen LogP contribution in [0.15, 0.2) is 0 Å². The molecule has 5 saturated carbocycles. The average molecular weight is 498 g/mol. The van der Waals surface area contributed by atoms with Crippen molar-refractivity contribution in [2.75, 3.05) is 13.1 Å². The summed E-state index contributed by atoms with van der Waals surface area (Å²) in [6, 6.07) is 0. The van der Waals surface area contributed by atoms with E-state index in [2.05, 4.69) is 60.7 Å². The Labute approximate surface area is 223 Å². The number of hydrogen-bond acceptors (Lipinski definition) is 2. The van der Waals surface area contributed by atoms with E-state index in [9.17, 15) is 4.79 Å². The first-order valence-corrected chi connectivity index (χ1v) is 16.1. The predicted molar refractivity (Wildman–Crippen MR) is 152 cm³/mol. The van der Waals surface area contributed by atoms with Gasteiger partial charge in [-0.15, -0.1) is 0 Å². The number of rotatable bonds is 6. The van der Waals surface area contributed by atoms with Gasteiger partial charge in [-0.2, -0.15) is 0 Å². The first-order valence-electron chi connectivity index (χ1n) is 16.1. The SMILES string of the molecule is CCCCNCC1(C)C(=O)CC[C@]2(C)C1CC[C@]1(C)C2CCC2C3[C@@H](C(C)C)CC[C@]3(C)CC[C@]21C. The van der Waals surface area contributed by atoms with Gasteiger partial charge < -0.3 is 5.32 Å². The topological polar surface area (TPSA) is 29.1 Å². The summed E-state index contributed by atoms with van der Waals surface area (Å²) in [5, 5.41) is 3.74. The van der Waals surface area contributed by atoms with E-state index in [1.165, 1.54) is 64.2 Å². The number of carbonyl (C=O) groups is 1. The van der Waals surface area contributed by atoms with Crippen LogP contribution in [0.1, 0.15) is 132 Å². The molecule has 0 spiro atoms. The Morgan fingerprint density at radius 3 is 2.31 bits per heavy atom. The monoisotopic (exact) mass is 497 g/mol. The molecule has 0 bridgehead atoms. The van der Waals surface area contributed by atoms with E-state index in [0.717, 1.165) is 55.5 Å². The molecule has 10 atom stereocenters. The third-order valence-electron chi connectivity index (χ3n) is 14.5. The molecule has 0 aliphatic heterocycles. The summed E-state index contributed by atoms with van der Waals surface area (Å²) in [6.45, 7) is 22.4. The first kappa shape index (κ1) is 27.2. The molecule has 0 radical (unpaired) electrons. The maximum atomic E-state index is 13.5. The molecule has 0 saturated heterocycles. The Bertz CT molecular complexity index is 850. The van der Waals surface area contributed by atoms with Crippen LogP contribution in [0.25, 0.3) is 0 Å². The Morgan fingerprint density at radius 2 is 1.61 bits per heavy atom. The number of ketones is 1. The summed E-state index contributed by atoms with van der Waals surface area (Å²) in [5.41, 5.74) is 1.60. The molecule has 5 rings (SSSR count). The highest BCUT2D eigenvalue weighted by molar-refractivity contribution is 5.86. The summed E-state index contributed by atoms with van der Waals surface area (Å²) >= 11 is 0. The fraction of sp³-hybridized carbons (Fsp3) is 0.971. The van der Waals surface area contributed by atoms with Crippen molar-refractivity contribution in [1.82, 2.24) is 5.32 Å². The van der Waals surface area contributed by atoms with Gasteiger partial charge in [0, 0.05) is 18.4 Å². The number of Topliss-reactive ketones (excluding diaryl/α,β-unsaturated/α-hetero) is 1. The number of unbranched alkanes of at least 4 members (excludes halogenated alkanes) is 1. The zero-order valence-electron chi connectivity index (χ0n) is 25.3. The summed E-state index contributed by atoms with van der Waals surface area (Å²) < 4.78 is 0. The van der Waals surface area contributed by atoms with Crippen LogP contribution in [-0.4, -0.2) is 18.9 Å². The van der Waals surface area contributed by atoms with E-state index in [0.29, 0.717) is 33.4 Å². The minimum Gasteiger partial charge on any atom is -0.316 e. The minimum atomic E-state index is -0.181. The third-order valence-corrected chi connectivity index (χ3v) is 14.5. The van der Waals surface area contributed by atoms with Gasteiger partial charge in [0.05, 0.1) is 0 Å². The van der Waals surface area contributed by atoms with Gasteiger partial charge in [-0.1, -0.05) is 61.8 Å². The maximum absolute atomic E-state index is 13.5. The summed E-state index contributed by atoms with van der Waals surface area (Å²) in [6.07, 6.45) is 15.7. The highest BCUT2D eigenvalue weighted by Crippen LogP contribution is 2.77. The highest BCUT2D eigenvalue weighted by atomic mass is 16.1. The molecule has 2 heteroatoms. The Balaban J connectivity index is 1.46. The van der Waals surface area contributed by atoms with E-state index >= 15 is 0 Å². The van der Waals surface area contributed by atoms with Crippen molar-refractivity contribution < 1.29 is 4.79 Å². The van der Waals surface area contributed by atoms with Crippen molar-refractivity contribution in [2.24, 2.45) is 62.6 Å². The van der Waals surface area contributed by atoms with Crippen LogP contribution in [0.4, 0.5) is 0 Å². The van der Waals surface area contributed by atoms with Crippen molar-refractivity contribution in [3.05, 3.63) is 0 Å². The number of fused-ring (bicyclic) bond motifs is 7. The van der Waals surface area contributed by atoms with Gasteiger partial charge in [-0.3, -0.25) is 4.79 Å². The van der Waals surface area contributed by atoms with Gasteiger partial charge in [0.1, 0.15) is 5.78 Å². The minimum absolute atomic E-state index is 0.181. The van der Waals surface area contributed by atoms with Gasteiger partial charge in [0.25, 0.3) is 0 Å². The molecule has 1 N–H and O–H groups in total. The standard InChI is InChI=1S/C34H59NO/c1-9-10-21-35-22-32(6)26-14-18-34(8)27(31(26,5)17-15-28(32)36)12-11-25-29-24(23(2)3)13-16-30(29,4)19-20-33(25,34)7/h23-27,29,35H,9-22H2,1-8H3/t24-,25?,26?,27?,29?,30-,31-,32?,33-,34-/m1/s1. The fourth-order valence-electron chi connectivity index (χ4n) is 12.2. The molecule has 0 aromatic rings. The summed E-state index contributed by atoms with van der Waals surface area (Å²) in [4.78, 5) is 13.5. The molecule has 0 aromatic carbocycles. The molecule has 0 heterocycles. The van der Waals surface area contributed by atoms with Crippen molar-refractivity contribution in [3.8, 4) is 0 Å². The van der Waals surface area contributed by atoms with E-state index in [-0.39, 0.29) is 5.41 Å². The quantitative estimate of drug-likeness (QED) is 0.372. The van der Waals surface area contributed by atoms with E-state index in [4.69, 9.17) is 0 Å². The Morgan fingerprint density at radius 1 is 0.861 bits per heavy atom. The van der Waals surface area contributed by atoms with Gasteiger partial charge >= 0.3 is 0 Å². The highest BCUT2D eigenvalue weighted by Gasteiger charge is 2.70. The van der Waals surface area contributed by atoms with Crippen LogP contribution < -0.4 is 5.32 Å². The smallest absolute Gasteiger partial charge is 0.140 e.